The van der Waals surface area contributed by atoms with E-state index in [1.807, 2.05) is 25.1 Å². The van der Waals surface area contributed by atoms with E-state index in [0.717, 1.165) is 22.0 Å². The van der Waals surface area contributed by atoms with Gasteiger partial charge in [-0.05, 0) is 37.1 Å². The zero-order valence-corrected chi connectivity index (χ0v) is 9.08. The van der Waals surface area contributed by atoms with Gasteiger partial charge in [-0.15, -0.1) is 0 Å². The second-order valence-corrected chi connectivity index (χ2v) is 3.87. The Labute approximate surface area is 93.1 Å². The number of nitrogens with two attached hydrogens (primary N) is 1. The first-order valence-electron chi connectivity index (χ1n) is 5.18. The van der Waals surface area contributed by atoms with Crippen molar-refractivity contribution in [3.63, 3.8) is 0 Å². The predicted octanol–water partition coefficient (Wildman–Crippen LogP) is 1.68. The number of carboxylic acid groups (broad SMARTS) is 1. The van der Waals surface area contributed by atoms with Crippen LogP contribution in [0.25, 0.3) is 10.9 Å². The van der Waals surface area contributed by atoms with E-state index in [9.17, 15) is 4.79 Å². The summed E-state index contributed by atoms with van der Waals surface area (Å²) in [5.74, 6) is -0.933. The van der Waals surface area contributed by atoms with Gasteiger partial charge in [-0.3, -0.25) is 0 Å². The molecular formula is C12H14N2O2. The molecule has 0 fully saturated rings. The number of aromatic carboxylic acids is 1. The van der Waals surface area contributed by atoms with Gasteiger partial charge in [0, 0.05) is 10.9 Å². The number of rotatable bonds is 3. The van der Waals surface area contributed by atoms with Gasteiger partial charge >= 0.3 is 5.97 Å². The molecule has 0 radical (unpaired) electrons. The number of aryl methyl sites for hydroxylation is 1. The summed E-state index contributed by atoms with van der Waals surface area (Å²) >= 11 is 0. The molecule has 0 unspecified atom stereocenters. The minimum Gasteiger partial charge on any atom is -0.477 e. The predicted molar refractivity (Wildman–Crippen MR) is 62.8 cm³/mol. The Kier molecular flexibility index (Phi) is 2.66. The van der Waals surface area contributed by atoms with E-state index in [4.69, 9.17) is 10.8 Å². The Morgan fingerprint density at radius 1 is 1.50 bits per heavy atom. The Morgan fingerprint density at radius 2 is 2.25 bits per heavy atom. The first-order chi connectivity index (χ1) is 7.63. The van der Waals surface area contributed by atoms with Crippen molar-refractivity contribution >= 4 is 16.9 Å². The number of hydrogen-bond donors (Lipinski definition) is 3. The average molecular weight is 218 g/mol. The molecule has 1 aromatic heterocycles. The van der Waals surface area contributed by atoms with Crippen molar-refractivity contribution in [1.29, 1.82) is 0 Å². The molecule has 0 spiro atoms. The van der Waals surface area contributed by atoms with Crippen LogP contribution in [0.1, 0.15) is 21.6 Å². The highest BCUT2D eigenvalue weighted by Gasteiger charge is 2.15. The molecule has 0 aliphatic carbocycles. The lowest BCUT2D eigenvalue weighted by Gasteiger charge is -1.98. The molecule has 1 aromatic carbocycles. The van der Waals surface area contributed by atoms with Crippen LogP contribution < -0.4 is 5.73 Å². The normalized spacial score (nSPS) is 10.9. The van der Waals surface area contributed by atoms with Gasteiger partial charge in [-0.25, -0.2) is 4.79 Å². The third kappa shape index (κ3) is 1.67. The van der Waals surface area contributed by atoms with Crippen LogP contribution in [0.5, 0.6) is 0 Å². The van der Waals surface area contributed by atoms with E-state index in [0.29, 0.717) is 13.0 Å². The van der Waals surface area contributed by atoms with Crippen molar-refractivity contribution in [1.82, 2.24) is 4.98 Å². The summed E-state index contributed by atoms with van der Waals surface area (Å²) in [5, 5.41) is 10.0. The van der Waals surface area contributed by atoms with Gasteiger partial charge in [-0.1, -0.05) is 12.1 Å². The van der Waals surface area contributed by atoms with Crippen molar-refractivity contribution < 1.29 is 9.90 Å². The third-order valence-corrected chi connectivity index (χ3v) is 2.67. The lowest BCUT2D eigenvalue weighted by molar-refractivity contribution is 0.0690. The fourth-order valence-electron chi connectivity index (χ4n) is 1.96. The van der Waals surface area contributed by atoms with Gasteiger partial charge in [-0.2, -0.15) is 0 Å². The number of fused-ring (bicyclic) bond motifs is 1. The second kappa shape index (κ2) is 3.98. The van der Waals surface area contributed by atoms with Crippen molar-refractivity contribution in [2.24, 2.45) is 5.73 Å². The van der Waals surface area contributed by atoms with Crippen LogP contribution in [0.15, 0.2) is 18.2 Å². The lowest BCUT2D eigenvalue weighted by atomic mass is 10.1. The molecule has 0 amide bonds. The standard InChI is InChI=1S/C12H14N2O2/c1-7-2-3-8-9(4-5-13)11(12(15)16)14-10(8)6-7/h2-3,6,14H,4-5,13H2,1H3,(H,15,16). The smallest absolute Gasteiger partial charge is 0.352 e. The molecule has 16 heavy (non-hydrogen) atoms. The van der Waals surface area contributed by atoms with Crippen LogP contribution in [-0.4, -0.2) is 22.6 Å². The van der Waals surface area contributed by atoms with E-state index in [-0.39, 0.29) is 5.69 Å². The zero-order chi connectivity index (χ0) is 11.7. The zero-order valence-electron chi connectivity index (χ0n) is 9.08. The number of aromatic nitrogens is 1. The fourth-order valence-corrected chi connectivity index (χ4v) is 1.96. The highest BCUT2D eigenvalue weighted by Crippen LogP contribution is 2.23. The highest BCUT2D eigenvalue weighted by molar-refractivity contribution is 5.97. The summed E-state index contributed by atoms with van der Waals surface area (Å²) in [6.45, 7) is 2.42. The summed E-state index contributed by atoms with van der Waals surface area (Å²) in [6, 6.07) is 5.86. The van der Waals surface area contributed by atoms with Gasteiger partial charge < -0.3 is 15.8 Å². The number of benzene rings is 1. The van der Waals surface area contributed by atoms with Gasteiger partial charge in [0.25, 0.3) is 0 Å². The number of carboxylic acids is 1. The van der Waals surface area contributed by atoms with Gasteiger partial charge in [0.05, 0.1) is 0 Å². The maximum Gasteiger partial charge on any atom is 0.352 e. The van der Waals surface area contributed by atoms with E-state index < -0.39 is 5.97 Å². The van der Waals surface area contributed by atoms with E-state index in [1.54, 1.807) is 0 Å². The van der Waals surface area contributed by atoms with Crippen LogP contribution in [0.2, 0.25) is 0 Å². The molecule has 0 saturated carbocycles. The molecule has 1 heterocycles. The second-order valence-electron chi connectivity index (χ2n) is 3.87. The fraction of sp³-hybridized carbons (Fsp3) is 0.250. The molecule has 2 aromatic rings. The van der Waals surface area contributed by atoms with Crippen molar-refractivity contribution in [2.75, 3.05) is 6.54 Å². The van der Waals surface area contributed by atoms with Crippen molar-refractivity contribution in [3.8, 4) is 0 Å². The van der Waals surface area contributed by atoms with Crippen LogP contribution in [0.4, 0.5) is 0 Å². The Bertz CT molecular complexity index is 543. The molecular weight excluding hydrogens is 204 g/mol. The number of aromatic amines is 1. The summed E-state index contributed by atoms with van der Waals surface area (Å²) in [5.41, 5.74) is 8.52. The SMILES string of the molecule is Cc1ccc2c(CCN)c(C(=O)O)[nH]c2c1. The summed E-state index contributed by atoms with van der Waals surface area (Å²) in [7, 11) is 0. The molecule has 0 aliphatic heterocycles. The van der Waals surface area contributed by atoms with E-state index in [1.165, 1.54) is 0 Å². The van der Waals surface area contributed by atoms with Crippen molar-refractivity contribution in [2.45, 2.75) is 13.3 Å². The molecule has 2 rings (SSSR count). The minimum absolute atomic E-state index is 0.256. The van der Waals surface area contributed by atoms with Crippen LogP contribution in [0.3, 0.4) is 0 Å². The Hall–Kier alpha value is -1.81. The Morgan fingerprint density at radius 3 is 2.88 bits per heavy atom. The molecule has 84 valence electrons. The monoisotopic (exact) mass is 218 g/mol. The third-order valence-electron chi connectivity index (χ3n) is 2.67. The van der Waals surface area contributed by atoms with E-state index >= 15 is 0 Å². The number of hydrogen-bond acceptors (Lipinski definition) is 2. The first-order valence-corrected chi connectivity index (χ1v) is 5.18. The molecule has 4 nitrogen and oxygen atoms in total. The molecule has 0 saturated heterocycles. The molecule has 4 heteroatoms. The highest BCUT2D eigenvalue weighted by atomic mass is 16.4. The quantitative estimate of drug-likeness (QED) is 0.733. The van der Waals surface area contributed by atoms with Gasteiger partial charge in [0.1, 0.15) is 5.69 Å². The van der Waals surface area contributed by atoms with Crippen LogP contribution in [0, 0.1) is 6.92 Å². The maximum atomic E-state index is 11.1. The van der Waals surface area contributed by atoms with Crippen molar-refractivity contribution in [3.05, 3.63) is 35.0 Å². The van der Waals surface area contributed by atoms with Gasteiger partial charge in [0.15, 0.2) is 0 Å². The summed E-state index contributed by atoms with van der Waals surface area (Å²) < 4.78 is 0. The summed E-state index contributed by atoms with van der Waals surface area (Å²) in [4.78, 5) is 14.0. The Balaban J connectivity index is 2.70. The number of nitrogens with one attached hydrogen (secondary N) is 1. The number of carbonyl (C=O) groups is 1. The molecule has 0 bridgehead atoms. The van der Waals surface area contributed by atoms with E-state index in [2.05, 4.69) is 4.98 Å². The lowest BCUT2D eigenvalue weighted by Crippen LogP contribution is -2.07. The van der Waals surface area contributed by atoms with Gasteiger partial charge in [0.2, 0.25) is 0 Å². The molecule has 0 atom stereocenters. The average Bonchev–Trinajstić information content (AvgIpc) is 2.57. The number of H-pyrrole nitrogens is 1. The summed E-state index contributed by atoms with van der Waals surface area (Å²) in [6.07, 6.45) is 0.574. The minimum atomic E-state index is -0.933. The van der Waals surface area contributed by atoms with Crippen LogP contribution in [-0.2, 0) is 6.42 Å². The first kappa shape index (κ1) is 10.7. The maximum absolute atomic E-state index is 11.1. The molecule has 0 aliphatic rings. The molecule has 4 N–H and O–H groups in total. The topological polar surface area (TPSA) is 79.1 Å². The van der Waals surface area contributed by atoms with Crippen LogP contribution >= 0.6 is 0 Å². The largest absolute Gasteiger partial charge is 0.477 e.